The average molecular weight is 122 g/mol. The molecule has 0 heterocycles. The quantitative estimate of drug-likeness (QED) is 0.434. The molecule has 7 heavy (non-hydrogen) atoms. The molecule has 0 amide bonds. The van der Waals surface area contributed by atoms with Crippen molar-refractivity contribution in [2.75, 3.05) is 6.66 Å². The van der Waals surface area contributed by atoms with Gasteiger partial charge in [-0.3, -0.25) is 0 Å². The van der Waals surface area contributed by atoms with Crippen molar-refractivity contribution in [1.29, 1.82) is 0 Å². The van der Waals surface area contributed by atoms with Crippen LogP contribution in [0.1, 0.15) is 13.3 Å². The third kappa shape index (κ3) is 24.9. The van der Waals surface area contributed by atoms with Crippen molar-refractivity contribution >= 4 is 15.2 Å². The van der Waals surface area contributed by atoms with E-state index >= 15 is 0 Å². The predicted molar refractivity (Wildman–Crippen MR) is 32.3 cm³/mol. The van der Waals surface area contributed by atoms with E-state index in [2.05, 4.69) is 0 Å². The van der Waals surface area contributed by atoms with E-state index < -0.39 is 5.97 Å². The molecule has 0 aliphatic heterocycles. The highest BCUT2D eigenvalue weighted by atomic mass is 31.0. The van der Waals surface area contributed by atoms with Gasteiger partial charge >= 0.3 is 0 Å². The molecule has 1 atom stereocenters. The van der Waals surface area contributed by atoms with Crippen LogP contribution in [-0.2, 0) is 4.79 Å². The molecule has 0 aromatic heterocycles. The molecule has 0 radical (unpaired) electrons. The molecule has 0 aliphatic rings. The third-order valence-corrected chi connectivity index (χ3v) is 0.289. The van der Waals surface area contributed by atoms with Gasteiger partial charge in [-0.1, -0.05) is 6.92 Å². The van der Waals surface area contributed by atoms with E-state index in [1.54, 1.807) is 0 Å². The lowest BCUT2D eigenvalue weighted by molar-refractivity contribution is -0.305. The highest BCUT2D eigenvalue weighted by molar-refractivity contribution is 7.15. The number of hydrogen-bond acceptors (Lipinski definition) is 2. The zero-order valence-corrected chi connectivity index (χ0v) is 6.14. The molecular formula is C4H11O2P. The van der Waals surface area contributed by atoms with E-state index in [4.69, 9.17) is 0 Å². The molecule has 2 nitrogen and oxygen atoms in total. The van der Waals surface area contributed by atoms with Gasteiger partial charge in [-0.25, -0.2) is 0 Å². The Morgan fingerprint density at radius 2 is 1.86 bits per heavy atom. The van der Waals surface area contributed by atoms with Crippen LogP contribution in [0.15, 0.2) is 0 Å². The van der Waals surface area contributed by atoms with Crippen molar-refractivity contribution in [2.45, 2.75) is 13.3 Å². The molecule has 0 bridgehead atoms. The first kappa shape index (κ1) is 10.0. The Hall–Kier alpha value is -0.100. The Morgan fingerprint density at radius 3 is 1.86 bits per heavy atom. The average Bonchev–Trinajstić information content (AvgIpc) is 1.73. The van der Waals surface area contributed by atoms with Gasteiger partial charge in [-0.15, -0.1) is 0 Å². The topological polar surface area (TPSA) is 40.1 Å². The van der Waals surface area contributed by atoms with Gasteiger partial charge in [-0.05, 0) is 15.7 Å². The molecule has 0 aromatic carbocycles. The van der Waals surface area contributed by atoms with E-state index in [9.17, 15) is 9.90 Å². The molecule has 1 unspecified atom stereocenters. The van der Waals surface area contributed by atoms with Gasteiger partial charge in [0.15, 0.2) is 0 Å². The van der Waals surface area contributed by atoms with E-state index in [0.29, 0.717) is 0 Å². The van der Waals surface area contributed by atoms with Gasteiger partial charge in [0.05, 0.1) is 0 Å². The maximum Gasteiger partial charge on any atom is 0.0421 e. The zero-order chi connectivity index (χ0) is 6.28. The van der Waals surface area contributed by atoms with Crippen LogP contribution >= 0.6 is 9.24 Å². The summed E-state index contributed by atoms with van der Waals surface area (Å²) in [4.78, 5) is 9.26. The normalized spacial score (nSPS) is 6.57. The molecule has 0 saturated carbocycles. The third-order valence-electron chi connectivity index (χ3n) is 0.289. The number of rotatable bonds is 1. The van der Waals surface area contributed by atoms with Crippen LogP contribution in [0.2, 0.25) is 0 Å². The molecule has 3 heteroatoms. The Kier molecular flexibility index (Phi) is 13.3. The lowest BCUT2D eigenvalue weighted by Gasteiger charge is -1.87. The molecule has 0 fully saturated rings. The van der Waals surface area contributed by atoms with E-state index in [0.717, 1.165) is 0 Å². The summed E-state index contributed by atoms with van der Waals surface area (Å²) >= 11 is 0. The van der Waals surface area contributed by atoms with Crippen molar-refractivity contribution in [3.63, 3.8) is 0 Å². The number of carbonyl (C=O) groups is 1. The summed E-state index contributed by atoms with van der Waals surface area (Å²) in [5, 5.41) is 9.26. The van der Waals surface area contributed by atoms with Crippen molar-refractivity contribution in [2.24, 2.45) is 0 Å². The monoisotopic (exact) mass is 122 g/mol. The van der Waals surface area contributed by atoms with Crippen LogP contribution in [0.25, 0.3) is 0 Å². The SMILES string of the molecule is CCC(=O)[O-].C[PH3+]. The van der Waals surface area contributed by atoms with E-state index in [1.165, 1.54) is 6.92 Å². The second-order valence-corrected chi connectivity index (χ2v) is 0.726. The van der Waals surface area contributed by atoms with Crippen LogP contribution in [0.4, 0.5) is 0 Å². The van der Waals surface area contributed by atoms with Crippen LogP contribution in [0.3, 0.4) is 0 Å². The summed E-state index contributed by atoms with van der Waals surface area (Å²) in [5.41, 5.74) is 0. The molecule has 0 saturated heterocycles. The summed E-state index contributed by atoms with van der Waals surface area (Å²) in [5.74, 6) is -0.995. The predicted octanol–water partition coefficient (Wildman–Crippen LogP) is -0.630. The van der Waals surface area contributed by atoms with Gasteiger partial charge < -0.3 is 9.90 Å². The van der Waals surface area contributed by atoms with Gasteiger partial charge in [-0.2, -0.15) is 0 Å². The molecule has 0 aromatic rings. The zero-order valence-electron chi connectivity index (χ0n) is 4.73. The molecule has 0 N–H and O–H groups in total. The fourth-order valence-corrected chi connectivity index (χ4v) is 0. The van der Waals surface area contributed by atoms with E-state index in [1.807, 2.05) is 15.9 Å². The minimum Gasteiger partial charge on any atom is -0.550 e. The smallest absolute Gasteiger partial charge is 0.0421 e. The standard InChI is InChI=1S/C3H6O2.CH5P/c1-2-3(4)5;1-2/h2H2,1H3,(H,4,5);2H2,1H3. The van der Waals surface area contributed by atoms with Crippen molar-refractivity contribution in [3.05, 3.63) is 0 Å². The lowest BCUT2D eigenvalue weighted by Crippen LogP contribution is -2.19. The number of carboxylic acids is 1. The highest BCUT2D eigenvalue weighted by Gasteiger charge is 1.65. The van der Waals surface area contributed by atoms with Gasteiger partial charge in [0.2, 0.25) is 0 Å². The molecule has 0 rings (SSSR count). The minimum atomic E-state index is -0.995. The Morgan fingerprint density at radius 1 is 1.71 bits per heavy atom. The second-order valence-electron chi connectivity index (χ2n) is 0.726. The Bertz CT molecular complexity index is 45.0. The van der Waals surface area contributed by atoms with Crippen molar-refractivity contribution in [3.8, 4) is 0 Å². The molecular weight excluding hydrogens is 111 g/mol. The van der Waals surface area contributed by atoms with Crippen LogP contribution < -0.4 is 5.11 Å². The van der Waals surface area contributed by atoms with Crippen LogP contribution in [-0.4, -0.2) is 12.6 Å². The number of carboxylic acid groups (broad SMARTS) is 1. The summed E-state index contributed by atoms with van der Waals surface area (Å²) in [6.07, 6.45) is 0.111. The van der Waals surface area contributed by atoms with Crippen LogP contribution in [0, 0.1) is 0 Å². The maximum atomic E-state index is 9.26. The fourth-order valence-electron chi connectivity index (χ4n) is 0. The highest BCUT2D eigenvalue weighted by Crippen LogP contribution is 1.61. The second kappa shape index (κ2) is 9.31. The maximum absolute atomic E-state index is 9.26. The van der Waals surface area contributed by atoms with Crippen molar-refractivity contribution < 1.29 is 9.90 Å². The molecule has 0 spiro atoms. The number of carbonyl (C=O) groups excluding carboxylic acids is 1. The largest absolute Gasteiger partial charge is 0.550 e. The summed E-state index contributed by atoms with van der Waals surface area (Å²) in [6, 6.07) is 0. The van der Waals surface area contributed by atoms with E-state index in [-0.39, 0.29) is 6.42 Å². The number of aliphatic carboxylic acids is 1. The number of hydrogen-bond donors (Lipinski definition) is 0. The first-order valence-electron chi connectivity index (χ1n) is 2.18. The summed E-state index contributed by atoms with van der Waals surface area (Å²) in [6.45, 7) is 3.56. The first-order chi connectivity index (χ1) is 3.27. The van der Waals surface area contributed by atoms with Gasteiger partial charge in [0.25, 0.3) is 0 Å². The van der Waals surface area contributed by atoms with Crippen molar-refractivity contribution in [1.82, 2.24) is 0 Å². The first-order valence-corrected chi connectivity index (χ1v) is 3.59. The lowest BCUT2D eigenvalue weighted by atomic mass is 10.5. The fraction of sp³-hybridized carbons (Fsp3) is 0.750. The van der Waals surface area contributed by atoms with Gasteiger partial charge in [0.1, 0.15) is 0 Å². The minimum absolute atomic E-state index is 0.111. The summed E-state index contributed by atoms with van der Waals surface area (Å²) in [7, 11) is 1.86. The van der Waals surface area contributed by atoms with Gasteiger partial charge in [0, 0.05) is 12.6 Å². The Labute approximate surface area is 46.1 Å². The Balaban J connectivity index is 0. The molecule has 44 valence electrons. The molecule has 0 aliphatic carbocycles. The summed E-state index contributed by atoms with van der Waals surface area (Å²) < 4.78 is 0. The van der Waals surface area contributed by atoms with Crippen LogP contribution in [0.5, 0.6) is 0 Å².